The molecule has 1 aliphatic heterocycles. The molecule has 1 saturated heterocycles. The van der Waals surface area contributed by atoms with Crippen molar-refractivity contribution in [3.05, 3.63) is 71.8 Å². The first kappa shape index (κ1) is 29.1. The number of rotatable bonds is 6. The van der Waals surface area contributed by atoms with Gasteiger partial charge in [-0.2, -0.15) is 0 Å². The summed E-state index contributed by atoms with van der Waals surface area (Å²) in [4.78, 5) is 16.4. The maximum Gasteiger partial charge on any atom is 0.411 e. The standard InChI is InChI=1S/C34H49NO2P2/c1-33(2,3)37-32(36)35-24-30(39(28-20-12-6-13-21-28)29-22-14-7-15-23-29)31(26-16-8-4-9-17-26)34(35,25-38)27-18-10-5-11-19-27/h4-5,8-11,16-19,28-31H,6-7,12-15,20-25,38H2,1-3H3/t30-,31?,34-/m0/s1. The molecule has 1 heterocycles. The van der Waals surface area contributed by atoms with Crippen LogP contribution in [0.3, 0.4) is 0 Å². The molecule has 2 unspecified atom stereocenters. The van der Waals surface area contributed by atoms with Crippen LogP contribution in [0.2, 0.25) is 0 Å². The van der Waals surface area contributed by atoms with Crippen LogP contribution in [0, 0.1) is 0 Å². The number of likely N-dealkylation sites (tertiary alicyclic amines) is 1. The van der Waals surface area contributed by atoms with E-state index in [0.29, 0.717) is 5.66 Å². The van der Waals surface area contributed by atoms with Crippen molar-refractivity contribution < 1.29 is 9.53 Å². The first-order valence-corrected chi connectivity index (χ1v) is 17.8. The van der Waals surface area contributed by atoms with E-state index in [9.17, 15) is 4.79 Å². The van der Waals surface area contributed by atoms with Crippen molar-refractivity contribution in [2.45, 2.75) is 119 Å². The lowest BCUT2D eigenvalue weighted by Gasteiger charge is -2.46. The molecule has 3 fully saturated rings. The van der Waals surface area contributed by atoms with E-state index in [2.05, 4.69) is 74.8 Å². The van der Waals surface area contributed by atoms with E-state index < -0.39 is 11.1 Å². The molecule has 0 radical (unpaired) electrons. The number of carbonyl (C=O) groups is 1. The van der Waals surface area contributed by atoms with Crippen molar-refractivity contribution in [1.82, 2.24) is 4.90 Å². The van der Waals surface area contributed by atoms with Crippen molar-refractivity contribution >= 4 is 23.3 Å². The molecule has 5 rings (SSSR count). The monoisotopic (exact) mass is 565 g/mol. The van der Waals surface area contributed by atoms with E-state index in [1.54, 1.807) is 0 Å². The van der Waals surface area contributed by atoms with Crippen molar-refractivity contribution in [3.8, 4) is 0 Å². The minimum Gasteiger partial charge on any atom is -0.444 e. The fourth-order valence-electron chi connectivity index (χ4n) is 7.94. The van der Waals surface area contributed by atoms with Gasteiger partial charge in [-0.05, 0) is 75.1 Å². The molecule has 212 valence electrons. The summed E-state index contributed by atoms with van der Waals surface area (Å²) >= 11 is 0. The molecule has 0 bridgehead atoms. The van der Waals surface area contributed by atoms with Gasteiger partial charge >= 0.3 is 6.09 Å². The van der Waals surface area contributed by atoms with Gasteiger partial charge in [0.15, 0.2) is 0 Å². The van der Waals surface area contributed by atoms with Crippen LogP contribution in [0.15, 0.2) is 60.7 Å². The zero-order valence-electron chi connectivity index (χ0n) is 24.4. The summed E-state index contributed by atoms with van der Waals surface area (Å²) in [5.74, 6) is 0.251. The molecule has 0 aromatic heterocycles. The van der Waals surface area contributed by atoms with Gasteiger partial charge in [0.25, 0.3) is 0 Å². The molecule has 5 heteroatoms. The normalized spacial score (nSPS) is 27.2. The molecule has 3 nitrogen and oxygen atoms in total. The Kier molecular flexibility index (Phi) is 9.40. The van der Waals surface area contributed by atoms with Crippen molar-refractivity contribution in [3.63, 3.8) is 0 Å². The van der Waals surface area contributed by atoms with Crippen LogP contribution in [-0.2, 0) is 10.3 Å². The molecule has 0 N–H and O–H groups in total. The smallest absolute Gasteiger partial charge is 0.411 e. The van der Waals surface area contributed by atoms with Gasteiger partial charge in [-0.25, -0.2) is 4.79 Å². The SMILES string of the molecule is CC(C)(C)OC(=O)N1C[C@H](P(C2CCCCC2)C2CCCCC2)C(c2ccccc2)[C@]1(CP)c1ccccc1. The van der Waals surface area contributed by atoms with E-state index in [4.69, 9.17) is 4.74 Å². The first-order chi connectivity index (χ1) is 18.8. The molecule has 2 aliphatic carbocycles. The van der Waals surface area contributed by atoms with Crippen LogP contribution in [0.4, 0.5) is 4.79 Å². The van der Waals surface area contributed by atoms with Crippen molar-refractivity contribution in [2.75, 3.05) is 12.7 Å². The Morgan fingerprint density at radius 2 is 1.38 bits per heavy atom. The number of carbonyl (C=O) groups excluding carboxylic acids is 1. The van der Waals surface area contributed by atoms with E-state index in [0.717, 1.165) is 24.0 Å². The summed E-state index contributed by atoms with van der Waals surface area (Å²) in [6.45, 7) is 6.79. The van der Waals surface area contributed by atoms with Gasteiger partial charge in [-0.3, -0.25) is 4.90 Å². The second-order valence-corrected chi connectivity index (χ2v) is 16.5. The van der Waals surface area contributed by atoms with Gasteiger partial charge in [0, 0.05) is 18.1 Å². The van der Waals surface area contributed by atoms with Crippen LogP contribution in [0.5, 0.6) is 0 Å². The summed E-state index contributed by atoms with van der Waals surface area (Å²) < 4.78 is 6.19. The molecule has 39 heavy (non-hydrogen) atoms. The lowest BCUT2D eigenvalue weighted by atomic mass is 9.76. The van der Waals surface area contributed by atoms with E-state index in [1.807, 2.05) is 20.8 Å². The highest BCUT2D eigenvalue weighted by atomic mass is 31.1. The van der Waals surface area contributed by atoms with Crippen molar-refractivity contribution in [2.24, 2.45) is 0 Å². The Balaban J connectivity index is 1.69. The highest BCUT2D eigenvalue weighted by Gasteiger charge is 2.60. The quantitative estimate of drug-likeness (QED) is 0.327. The zero-order chi connectivity index (χ0) is 27.5. The fourth-order valence-corrected chi connectivity index (χ4v) is 13.4. The third kappa shape index (κ3) is 6.11. The summed E-state index contributed by atoms with van der Waals surface area (Å²) in [6.07, 6.45) is 14.5. The molecule has 3 aliphatic rings. The van der Waals surface area contributed by atoms with Gasteiger partial charge in [0.05, 0.1) is 5.54 Å². The number of hydrogen-bond donors (Lipinski definition) is 0. The predicted octanol–water partition coefficient (Wildman–Crippen LogP) is 9.31. The average molecular weight is 566 g/mol. The Hall–Kier alpha value is -1.43. The number of nitrogens with zero attached hydrogens (tertiary/aromatic N) is 1. The van der Waals surface area contributed by atoms with Crippen LogP contribution >= 0.6 is 17.2 Å². The summed E-state index contributed by atoms with van der Waals surface area (Å²) in [6, 6.07) is 22.1. The van der Waals surface area contributed by atoms with Gasteiger partial charge in [0.2, 0.25) is 0 Å². The third-order valence-corrected chi connectivity index (χ3v) is 14.1. The lowest BCUT2D eigenvalue weighted by Crippen LogP contribution is -2.50. The maximum atomic E-state index is 14.2. The number of benzene rings is 2. The maximum absolute atomic E-state index is 14.2. The first-order valence-electron chi connectivity index (χ1n) is 15.4. The number of amides is 1. The third-order valence-electron chi connectivity index (χ3n) is 9.48. The molecule has 1 amide bonds. The van der Waals surface area contributed by atoms with Crippen molar-refractivity contribution in [1.29, 1.82) is 0 Å². The second-order valence-electron chi connectivity index (χ2n) is 13.1. The van der Waals surface area contributed by atoms with Crippen LogP contribution in [0.1, 0.15) is 102 Å². The van der Waals surface area contributed by atoms with Gasteiger partial charge < -0.3 is 4.74 Å². The van der Waals surface area contributed by atoms with E-state index in [-0.39, 0.29) is 19.9 Å². The Bertz CT molecular complexity index is 1040. The van der Waals surface area contributed by atoms with Gasteiger partial charge in [-0.1, -0.05) is 107 Å². The molecular weight excluding hydrogens is 516 g/mol. The highest BCUT2D eigenvalue weighted by Crippen LogP contribution is 2.67. The predicted molar refractivity (Wildman–Crippen MR) is 169 cm³/mol. The summed E-state index contributed by atoms with van der Waals surface area (Å²) in [5.41, 5.74) is 3.77. The Labute approximate surface area is 240 Å². The zero-order valence-corrected chi connectivity index (χ0v) is 26.4. The summed E-state index contributed by atoms with van der Waals surface area (Å²) in [7, 11) is 2.81. The number of ether oxygens (including phenoxy) is 1. The minimum atomic E-state index is -0.530. The van der Waals surface area contributed by atoms with Gasteiger partial charge in [0.1, 0.15) is 5.60 Å². The second kappa shape index (κ2) is 12.6. The molecule has 0 spiro atoms. The molecule has 4 atom stereocenters. The molecular formula is C34H49NO2P2. The van der Waals surface area contributed by atoms with E-state index in [1.165, 1.54) is 75.3 Å². The van der Waals surface area contributed by atoms with Gasteiger partial charge in [-0.15, -0.1) is 9.24 Å². The number of hydrogen-bond acceptors (Lipinski definition) is 2. The van der Waals surface area contributed by atoms with Crippen LogP contribution in [0.25, 0.3) is 0 Å². The fraction of sp³-hybridized carbons (Fsp3) is 0.618. The Morgan fingerprint density at radius 1 is 0.872 bits per heavy atom. The molecule has 2 aromatic rings. The van der Waals surface area contributed by atoms with E-state index >= 15 is 0 Å². The molecule has 2 aromatic carbocycles. The lowest BCUT2D eigenvalue weighted by molar-refractivity contribution is 0.00881. The van der Waals surface area contributed by atoms with Crippen LogP contribution < -0.4 is 0 Å². The van der Waals surface area contributed by atoms with Crippen LogP contribution in [-0.4, -0.2) is 46.3 Å². The summed E-state index contributed by atoms with van der Waals surface area (Å²) in [5, 5.41) is 0. The highest BCUT2D eigenvalue weighted by molar-refractivity contribution is 7.60. The minimum absolute atomic E-state index is 0.153. The topological polar surface area (TPSA) is 29.5 Å². The Morgan fingerprint density at radius 3 is 1.87 bits per heavy atom. The largest absolute Gasteiger partial charge is 0.444 e. The molecule has 2 saturated carbocycles. The average Bonchev–Trinajstić information content (AvgIpc) is 3.30.